The summed E-state index contributed by atoms with van der Waals surface area (Å²) in [5.41, 5.74) is 0.108. The van der Waals surface area contributed by atoms with Crippen LogP contribution >= 0.6 is 0 Å². The zero-order chi connectivity index (χ0) is 8.18. The smallest absolute Gasteiger partial charge is 0.127 e. The predicted molar refractivity (Wildman–Crippen MR) is 45.8 cm³/mol. The lowest BCUT2D eigenvalue weighted by Gasteiger charge is -2.20. The average Bonchev–Trinajstić information content (AvgIpc) is 2.95. The van der Waals surface area contributed by atoms with Crippen LogP contribution in [0.4, 0.5) is 0 Å². The van der Waals surface area contributed by atoms with Crippen LogP contribution in [0.3, 0.4) is 0 Å². The molecule has 12 heavy (non-hydrogen) atoms. The summed E-state index contributed by atoms with van der Waals surface area (Å²) in [6.45, 7) is 3.62. The number of carbonyl (C=O) groups is 1. The van der Waals surface area contributed by atoms with Crippen molar-refractivity contribution in [3.05, 3.63) is 0 Å². The van der Waals surface area contributed by atoms with Gasteiger partial charge in [0.25, 0.3) is 0 Å². The summed E-state index contributed by atoms with van der Waals surface area (Å²) in [5.74, 6) is 2.01. The molecule has 2 unspecified atom stereocenters. The van der Waals surface area contributed by atoms with Crippen LogP contribution in [-0.2, 0) is 4.79 Å². The molecule has 2 heteroatoms. The molecule has 0 N–H and O–H groups in total. The van der Waals surface area contributed by atoms with Crippen molar-refractivity contribution in [2.24, 2.45) is 17.3 Å². The highest BCUT2D eigenvalue weighted by Gasteiger charge is 2.50. The van der Waals surface area contributed by atoms with Gasteiger partial charge < -0.3 is 9.69 Å². The SMILES string of the molecule is O=CC1(CN2CC3CC3C2)CC1. The summed E-state index contributed by atoms with van der Waals surface area (Å²) in [4.78, 5) is 13.2. The van der Waals surface area contributed by atoms with Crippen molar-refractivity contribution in [3.63, 3.8) is 0 Å². The Morgan fingerprint density at radius 3 is 2.50 bits per heavy atom. The number of hydrogen-bond donors (Lipinski definition) is 0. The minimum Gasteiger partial charge on any atom is -0.303 e. The quantitative estimate of drug-likeness (QED) is 0.579. The van der Waals surface area contributed by atoms with E-state index < -0.39 is 0 Å². The fraction of sp³-hybridized carbons (Fsp3) is 0.900. The molecule has 0 amide bonds. The molecule has 0 spiro atoms. The van der Waals surface area contributed by atoms with Crippen molar-refractivity contribution in [2.45, 2.75) is 19.3 Å². The summed E-state index contributed by atoms with van der Waals surface area (Å²) in [5, 5.41) is 0. The molecule has 1 heterocycles. The number of piperidine rings is 1. The van der Waals surface area contributed by atoms with E-state index in [1.807, 2.05) is 0 Å². The molecule has 3 rings (SSSR count). The van der Waals surface area contributed by atoms with Crippen molar-refractivity contribution in [2.75, 3.05) is 19.6 Å². The maximum absolute atomic E-state index is 10.7. The van der Waals surface area contributed by atoms with Gasteiger partial charge in [-0.3, -0.25) is 0 Å². The van der Waals surface area contributed by atoms with Crippen LogP contribution in [0.1, 0.15) is 19.3 Å². The molecule has 2 saturated carbocycles. The molecule has 0 bridgehead atoms. The number of rotatable bonds is 3. The lowest BCUT2D eigenvalue weighted by atomic mass is 10.1. The molecule has 2 nitrogen and oxygen atoms in total. The Hall–Kier alpha value is -0.370. The van der Waals surface area contributed by atoms with Crippen molar-refractivity contribution in [3.8, 4) is 0 Å². The molecule has 2 aliphatic carbocycles. The van der Waals surface area contributed by atoms with Gasteiger partial charge >= 0.3 is 0 Å². The molecule has 1 saturated heterocycles. The van der Waals surface area contributed by atoms with Crippen LogP contribution in [0, 0.1) is 17.3 Å². The predicted octanol–water partition coefficient (Wildman–Crippen LogP) is 0.917. The monoisotopic (exact) mass is 165 g/mol. The molecule has 3 fully saturated rings. The van der Waals surface area contributed by atoms with Crippen LogP contribution in [0.5, 0.6) is 0 Å². The van der Waals surface area contributed by atoms with Gasteiger partial charge in [-0.1, -0.05) is 0 Å². The number of aldehydes is 1. The van der Waals surface area contributed by atoms with Gasteiger partial charge in [-0.2, -0.15) is 0 Å². The second-order valence-electron chi connectivity index (χ2n) is 4.93. The second-order valence-corrected chi connectivity index (χ2v) is 4.93. The molecule has 0 aromatic carbocycles. The first-order valence-corrected chi connectivity index (χ1v) is 5.00. The van der Waals surface area contributed by atoms with Gasteiger partial charge in [0.15, 0.2) is 0 Å². The minimum atomic E-state index is 0.108. The first-order valence-electron chi connectivity index (χ1n) is 5.00. The van der Waals surface area contributed by atoms with E-state index in [0.717, 1.165) is 31.2 Å². The summed E-state index contributed by atoms with van der Waals surface area (Å²) < 4.78 is 0. The summed E-state index contributed by atoms with van der Waals surface area (Å²) >= 11 is 0. The first kappa shape index (κ1) is 7.07. The maximum atomic E-state index is 10.7. The third-order valence-electron chi connectivity index (χ3n) is 3.74. The van der Waals surface area contributed by atoms with Crippen LogP contribution in [-0.4, -0.2) is 30.8 Å². The molecule has 1 aliphatic heterocycles. The number of likely N-dealkylation sites (tertiary alicyclic amines) is 1. The molecular formula is C10H15NO. The van der Waals surface area contributed by atoms with E-state index in [-0.39, 0.29) is 5.41 Å². The van der Waals surface area contributed by atoms with Gasteiger partial charge in [-0.15, -0.1) is 0 Å². The fourth-order valence-corrected chi connectivity index (χ4v) is 2.54. The lowest BCUT2D eigenvalue weighted by Crippen LogP contribution is -2.30. The van der Waals surface area contributed by atoms with E-state index in [1.54, 1.807) is 0 Å². The average molecular weight is 165 g/mol. The Morgan fingerprint density at radius 1 is 1.33 bits per heavy atom. The zero-order valence-corrected chi connectivity index (χ0v) is 7.33. The Labute approximate surface area is 72.9 Å². The Morgan fingerprint density at radius 2 is 2.00 bits per heavy atom. The van der Waals surface area contributed by atoms with Crippen molar-refractivity contribution in [1.82, 2.24) is 4.90 Å². The standard InChI is InChI=1S/C10H15NO/c12-7-10(1-2-10)6-11-4-8-3-9(8)5-11/h7-9H,1-6H2. The van der Waals surface area contributed by atoms with E-state index in [4.69, 9.17) is 0 Å². The lowest BCUT2D eigenvalue weighted by molar-refractivity contribution is -0.112. The van der Waals surface area contributed by atoms with Crippen molar-refractivity contribution < 1.29 is 4.79 Å². The second kappa shape index (κ2) is 2.11. The molecule has 3 aliphatic rings. The molecule has 0 aromatic heterocycles. The fourth-order valence-electron chi connectivity index (χ4n) is 2.54. The Bertz CT molecular complexity index is 212. The van der Waals surface area contributed by atoms with E-state index in [9.17, 15) is 4.79 Å². The highest BCUT2D eigenvalue weighted by Crippen LogP contribution is 2.49. The van der Waals surface area contributed by atoms with Crippen LogP contribution in [0.15, 0.2) is 0 Å². The number of hydrogen-bond acceptors (Lipinski definition) is 2. The van der Waals surface area contributed by atoms with Gasteiger partial charge in [-0.25, -0.2) is 0 Å². The topological polar surface area (TPSA) is 20.3 Å². The third-order valence-corrected chi connectivity index (χ3v) is 3.74. The number of carbonyl (C=O) groups excluding carboxylic acids is 1. The zero-order valence-electron chi connectivity index (χ0n) is 7.33. The number of nitrogens with zero attached hydrogens (tertiary/aromatic N) is 1. The van der Waals surface area contributed by atoms with Gasteiger partial charge in [0.05, 0.1) is 0 Å². The van der Waals surface area contributed by atoms with Gasteiger partial charge in [0.2, 0.25) is 0 Å². The normalized spacial score (nSPS) is 42.3. The van der Waals surface area contributed by atoms with Gasteiger partial charge in [-0.05, 0) is 31.1 Å². The first-order chi connectivity index (χ1) is 5.81. The minimum absolute atomic E-state index is 0.108. The van der Waals surface area contributed by atoms with Crippen LogP contribution in [0.2, 0.25) is 0 Å². The van der Waals surface area contributed by atoms with Gasteiger partial charge in [0.1, 0.15) is 6.29 Å². The molecule has 0 aromatic rings. The van der Waals surface area contributed by atoms with E-state index in [1.165, 1.54) is 25.8 Å². The number of fused-ring (bicyclic) bond motifs is 1. The summed E-state index contributed by atoms with van der Waals surface area (Å²) in [6.07, 6.45) is 4.94. The highest BCUT2D eigenvalue weighted by atomic mass is 16.1. The summed E-state index contributed by atoms with van der Waals surface area (Å²) in [7, 11) is 0. The van der Waals surface area contributed by atoms with E-state index in [0.29, 0.717) is 0 Å². The molecule has 0 radical (unpaired) electrons. The molecule has 2 atom stereocenters. The van der Waals surface area contributed by atoms with Crippen molar-refractivity contribution >= 4 is 6.29 Å². The highest BCUT2D eigenvalue weighted by molar-refractivity contribution is 5.63. The summed E-state index contributed by atoms with van der Waals surface area (Å²) in [6, 6.07) is 0. The Kier molecular flexibility index (Phi) is 1.24. The molecular weight excluding hydrogens is 150 g/mol. The van der Waals surface area contributed by atoms with Crippen LogP contribution in [0.25, 0.3) is 0 Å². The molecule has 66 valence electrons. The maximum Gasteiger partial charge on any atom is 0.127 e. The van der Waals surface area contributed by atoms with E-state index in [2.05, 4.69) is 4.90 Å². The van der Waals surface area contributed by atoms with E-state index >= 15 is 0 Å². The van der Waals surface area contributed by atoms with Crippen molar-refractivity contribution in [1.29, 1.82) is 0 Å². The Balaban J connectivity index is 1.58. The largest absolute Gasteiger partial charge is 0.303 e. The third kappa shape index (κ3) is 1.01. The van der Waals surface area contributed by atoms with Gasteiger partial charge in [0, 0.05) is 25.0 Å². The van der Waals surface area contributed by atoms with Crippen LogP contribution < -0.4 is 0 Å².